The molecular formula is C14H17N3. The molecule has 0 radical (unpaired) electrons. The molecule has 3 nitrogen and oxygen atoms in total. The minimum absolute atomic E-state index is 0.365. The van der Waals surface area contributed by atoms with E-state index < -0.39 is 0 Å². The van der Waals surface area contributed by atoms with Gasteiger partial charge in [0.15, 0.2) is 0 Å². The molecule has 17 heavy (non-hydrogen) atoms. The molecule has 0 aliphatic carbocycles. The van der Waals surface area contributed by atoms with Gasteiger partial charge in [0.1, 0.15) is 0 Å². The lowest BCUT2D eigenvalue weighted by Gasteiger charge is -2.02. The third kappa shape index (κ3) is 4.47. The summed E-state index contributed by atoms with van der Waals surface area (Å²) >= 11 is 0. The van der Waals surface area contributed by atoms with Gasteiger partial charge in [-0.25, -0.2) is 0 Å². The number of hydrazone groups is 1. The first kappa shape index (κ1) is 12.9. The average Bonchev–Trinajstić information content (AvgIpc) is 2.34. The van der Waals surface area contributed by atoms with Crippen LogP contribution in [-0.2, 0) is 0 Å². The number of hydrogen-bond acceptors (Lipinski definition) is 3. The summed E-state index contributed by atoms with van der Waals surface area (Å²) in [4.78, 5) is 0. The Hall–Kier alpha value is -2.16. The maximum atomic E-state index is 7.69. The van der Waals surface area contributed by atoms with Gasteiger partial charge in [0.2, 0.25) is 0 Å². The third-order valence-electron chi connectivity index (χ3n) is 2.19. The molecule has 1 rings (SSSR count). The first-order valence-corrected chi connectivity index (χ1v) is 5.38. The van der Waals surface area contributed by atoms with E-state index in [1.807, 2.05) is 31.2 Å². The van der Waals surface area contributed by atoms with Crippen LogP contribution in [0.3, 0.4) is 0 Å². The Morgan fingerprint density at radius 1 is 1.35 bits per heavy atom. The Morgan fingerprint density at radius 3 is 2.59 bits per heavy atom. The van der Waals surface area contributed by atoms with E-state index in [9.17, 15) is 0 Å². The lowest BCUT2D eigenvalue weighted by Crippen LogP contribution is -2.08. The van der Waals surface area contributed by atoms with Gasteiger partial charge >= 0.3 is 0 Å². The zero-order chi connectivity index (χ0) is 12.7. The van der Waals surface area contributed by atoms with E-state index in [-0.39, 0.29) is 0 Å². The van der Waals surface area contributed by atoms with Gasteiger partial charge in [0.05, 0.1) is 17.1 Å². The molecule has 0 spiro atoms. The molecule has 2 N–H and O–H groups in total. The molecule has 1 aromatic rings. The normalized spacial score (nSPS) is 11.5. The summed E-state index contributed by atoms with van der Waals surface area (Å²) < 4.78 is 0. The highest BCUT2D eigenvalue weighted by Gasteiger charge is 1.96. The quantitative estimate of drug-likeness (QED) is 0.451. The second-order valence-corrected chi connectivity index (χ2v) is 3.68. The van der Waals surface area contributed by atoms with Crippen molar-refractivity contribution in [3.05, 3.63) is 54.6 Å². The molecule has 0 saturated heterocycles. The summed E-state index contributed by atoms with van der Waals surface area (Å²) in [6.07, 6.45) is 5.01. The first-order chi connectivity index (χ1) is 8.13. The average molecular weight is 227 g/mol. The largest absolute Gasteiger partial charge is 0.299 e. The van der Waals surface area contributed by atoms with Crippen LogP contribution in [-0.4, -0.2) is 11.4 Å². The molecular weight excluding hydrogens is 210 g/mol. The van der Waals surface area contributed by atoms with Crippen LogP contribution in [0.2, 0.25) is 0 Å². The predicted molar refractivity (Wildman–Crippen MR) is 75.0 cm³/mol. The van der Waals surface area contributed by atoms with Gasteiger partial charge in [0.25, 0.3) is 0 Å². The second kappa shape index (κ2) is 6.43. The van der Waals surface area contributed by atoms with E-state index in [0.717, 1.165) is 5.69 Å². The van der Waals surface area contributed by atoms with Crippen LogP contribution in [0.4, 0.5) is 5.69 Å². The Labute approximate surface area is 102 Å². The zero-order valence-electron chi connectivity index (χ0n) is 10.2. The van der Waals surface area contributed by atoms with Gasteiger partial charge in [-0.2, -0.15) is 5.10 Å². The second-order valence-electron chi connectivity index (χ2n) is 3.68. The van der Waals surface area contributed by atoms with Crippen molar-refractivity contribution in [1.29, 1.82) is 5.41 Å². The van der Waals surface area contributed by atoms with Crippen molar-refractivity contribution in [2.45, 2.75) is 13.8 Å². The number of nitrogens with zero attached hydrogens (tertiary/aromatic N) is 1. The number of aryl methyl sites for hydroxylation is 1. The van der Waals surface area contributed by atoms with Crippen molar-refractivity contribution in [3.8, 4) is 0 Å². The molecule has 1 aromatic carbocycles. The third-order valence-corrected chi connectivity index (χ3v) is 2.19. The molecule has 0 saturated carbocycles. The minimum atomic E-state index is 0.365. The fourth-order valence-electron chi connectivity index (χ4n) is 1.12. The van der Waals surface area contributed by atoms with Crippen molar-refractivity contribution in [3.63, 3.8) is 0 Å². The van der Waals surface area contributed by atoms with Gasteiger partial charge in [-0.3, -0.25) is 10.8 Å². The fraction of sp³-hybridized carbons (Fsp3) is 0.143. The summed E-state index contributed by atoms with van der Waals surface area (Å²) in [5, 5.41) is 11.8. The standard InChI is InChI=1S/C14H17N3/c1-4-5-6-14(15)12(3)16-17-13-9-7-11(2)8-10-13/h4-10,15,17H,1H2,2-3H3/b6-5-,15-14?,16-12-. The number of anilines is 1. The van der Waals surface area contributed by atoms with Crippen LogP contribution in [0.1, 0.15) is 12.5 Å². The molecule has 0 unspecified atom stereocenters. The molecule has 0 aromatic heterocycles. The maximum Gasteiger partial charge on any atom is 0.0825 e. The van der Waals surface area contributed by atoms with Gasteiger partial charge < -0.3 is 0 Å². The Morgan fingerprint density at radius 2 is 2.00 bits per heavy atom. The first-order valence-electron chi connectivity index (χ1n) is 5.38. The van der Waals surface area contributed by atoms with Crippen molar-refractivity contribution in [2.75, 3.05) is 5.43 Å². The molecule has 0 aliphatic rings. The summed E-state index contributed by atoms with van der Waals surface area (Å²) in [5.41, 5.74) is 6.03. The molecule has 0 heterocycles. The Balaban J connectivity index is 2.64. The van der Waals surface area contributed by atoms with E-state index in [4.69, 9.17) is 5.41 Å². The zero-order valence-corrected chi connectivity index (χ0v) is 10.2. The number of rotatable bonds is 5. The monoisotopic (exact) mass is 227 g/mol. The highest BCUT2D eigenvalue weighted by molar-refractivity contribution is 6.44. The van der Waals surface area contributed by atoms with Crippen molar-refractivity contribution in [1.82, 2.24) is 0 Å². The van der Waals surface area contributed by atoms with Gasteiger partial charge in [0, 0.05) is 0 Å². The summed E-state index contributed by atoms with van der Waals surface area (Å²) in [6, 6.07) is 7.93. The van der Waals surface area contributed by atoms with Crippen LogP contribution in [0.15, 0.2) is 54.2 Å². The smallest absolute Gasteiger partial charge is 0.0825 e. The highest BCUT2D eigenvalue weighted by atomic mass is 15.3. The van der Waals surface area contributed by atoms with Crippen molar-refractivity contribution in [2.24, 2.45) is 5.10 Å². The number of benzene rings is 1. The molecule has 0 amide bonds. The van der Waals surface area contributed by atoms with E-state index in [0.29, 0.717) is 11.4 Å². The van der Waals surface area contributed by atoms with Crippen LogP contribution in [0.5, 0.6) is 0 Å². The minimum Gasteiger partial charge on any atom is -0.299 e. The Kier molecular flexibility index (Phi) is 4.88. The topological polar surface area (TPSA) is 48.2 Å². The van der Waals surface area contributed by atoms with Crippen molar-refractivity contribution < 1.29 is 0 Å². The predicted octanol–water partition coefficient (Wildman–Crippen LogP) is 3.54. The molecule has 0 atom stereocenters. The van der Waals surface area contributed by atoms with E-state index in [2.05, 4.69) is 17.1 Å². The highest BCUT2D eigenvalue weighted by Crippen LogP contribution is 2.08. The molecule has 0 aliphatic heterocycles. The molecule has 88 valence electrons. The van der Waals surface area contributed by atoms with Crippen LogP contribution < -0.4 is 5.43 Å². The molecule has 0 fully saturated rings. The van der Waals surface area contributed by atoms with Crippen LogP contribution in [0, 0.1) is 12.3 Å². The van der Waals surface area contributed by atoms with Gasteiger partial charge in [-0.1, -0.05) is 36.4 Å². The van der Waals surface area contributed by atoms with E-state index in [1.165, 1.54) is 5.56 Å². The Bertz CT molecular complexity index is 453. The number of nitrogens with one attached hydrogen (secondary N) is 2. The lowest BCUT2D eigenvalue weighted by atomic mass is 10.2. The number of allylic oxidation sites excluding steroid dienone is 3. The lowest BCUT2D eigenvalue weighted by molar-refractivity contribution is 1.32. The summed E-state index contributed by atoms with van der Waals surface area (Å²) in [6.45, 7) is 7.38. The number of hydrogen-bond donors (Lipinski definition) is 2. The molecule has 0 bridgehead atoms. The van der Waals surface area contributed by atoms with Gasteiger partial charge in [-0.15, -0.1) is 0 Å². The summed E-state index contributed by atoms with van der Waals surface area (Å²) in [7, 11) is 0. The maximum absolute atomic E-state index is 7.69. The molecule has 3 heteroatoms. The summed E-state index contributed by atoms with van der Waals surface area (Å²) in [5.74, 6) is 0. The SMILES string of the molecule is C=C/C=C\C(=N)/C(C)=N\Nc1ccc(C)cc1. The van der Waals surface area contributed by atoms with Crippen LogP contribution >= 0.6 is 0 Å². The van der Waals surface area contributed by atoms with Crippen molar-refractivity contribution >= 4 is 17.1 Å². The fourth-order valence-corrected chi connectivity index (χ4v) is 1.12. The van der Waals surface area contributed by atoms with E-state index in [1.54, 1.807) is 25.2 Å². The van der Waals surface area contributed by atoms with E-state index >= 15 is 0 Å². The van der Waals surface area contributed by atoms with Gasteiger partial charge in [-0.05, 0) is 32.1 Å². The van der Waals surface area contributed by atoms with Crippen LogP contribution in [0.25, 0.3) is 0 Å².